The molecular weight excluding hydrogens is 372 g/mol. The highest BCUT2D eigenvalue weighted by Gasteiger charge is 2.22. The van der Waals surface area contributed by atoms with Gasteiger partial charge in [-0.2, -0.15) is 5.10 Å². The van der Waals surface area contributed by atoms with Crippen LogP contribution in [-0.2, 0) is 0 Å². The van der Waals surface area contributed by atoms with Gasteiger partial charge in [0.1, 0.15) is 12.4 Å². The van der Waals surface area contributed by atoms with Crippen LogP contribution in [0.1, 0.15) is 13.0 Å². The van der Waals surface area contributed by atoms with E-state index in [0.717, 1.165) is 27.6 Å². The van der Waals surface area contributed by atoms with Crippen molar-refractivity contribution in [1.29, 1.82) is 0 Å². The molecule has 134 valence electrons. The quantitative estimate of drug-likeness (QED) is 0.655. The minimum Gasteiger partial charge on any atom is -0.496 e. The van der Waals surface area contributed by atoms with Crippen LogP contribution in [0.5, 0.6) is 11.6 Å². The summed E-state index contributed by atoms with van der Waals surface area (Å²) in [4.78, 5) is 5.36. The van der Waals surface area contributed by atoms with Crippen molar-refractivity contribution < 1.29 is 9.47 Å². The summed E-state index contributed by atoms with van der Waals surface area (Å²) in [6.07, 6.45) is 3.55. The van der Waals surface area contributed by atoms with Gasteiger partial charge in [-0.15, -0.1) is 0 Å². The molecule has 8 heteroatoms. The molecule has 1 aliphatic rings. The molecule has 0 bridgehead atoms. The number of fused-ring (bicyclic) bond motifs is 3. The molecule has 0 radical (unpaired) electrons. The lowest BCUT2D eigenvalue weighted by atomic mass is 10.2. The third kappa shape index (κ3) is 3.20. The number of pyridine rings is 1. The van der Waals surface area contributed by atoms with Gasteiger partial charge in [-0.3, -0.25) is 4.68 Å². The van der Waals surface area contributed by atoms with Gasteiger partial charge in [0.05, 0.1) is 41.2 Å². The van der Waals surface area contributed by atoms with E-state index in [1.165, 1.54) is 11.9 Å². The highest BCUT2D eigenvalue weighted by molar-refractivity contribution is 8.00. The van der Waals surface area contributed by atoms with Crippen molar-refractivity contribution >= 4 is 29.2 Å². The Hall–Kier alpha value is -2.38. The maximum absolute atomic E-state index is 6.09. The number of anilines is 1. The average molecular weight is 389 g/mol. The van der Waals surface area contributed by atoms with E-state index in [1.807, 2.05) is 28.9 Å². The number of rotatable bonds is 4. The first kappa shape index (κ1) is 17.1. The van der Waals surface area contributed by atoms with E-state index < -0.39 is 0 Å². The lowest BCUT2D eigenvalue weighted by Gasteiger charge is -2.11. The summed E-state index contributed by atoms with van der Waals surface area (Å²) in [5, 5.41) is 5.06. The van der Waals surface area contributed by atoms with Crippen molar-refractivity contribution in [2.24, 2.45) is 0 Å². The van der Waals surface area contributed by atoms with Gasteiger partial charge in [-0.05, 0) is 49.2 Å². The molecule has 0 amide bonds. The predicted molar refractivity (Wildman–Crippen MR) is 103 cm³/mol. The summed E-state index contributed by atoms with van der Waals surface area (Å²) in [7, 11) is 1.64. The molecule has 1 N–H and O–H groups in total. The van der Waals surface area contributed by atoms with E-state index in [1.54, 1.807) is 25.6 Å². The van der Waals surface area contributed by atoms with Gasteiger partial charge < -0.3 is 14.2 Å². The fraction of sp³-hybridized carbons (Fsp3) is 0.222. The van der Waals surface area contributed by atoms with Crippen LogP contribution < -0.4 is 14.2 Å². The zero-order chi connectivity index (χ0) is 18.1. The molecule has 26 heavy (non-hydrogen) atoms. The topological polar surface area (TPSA) is 61.2 Å². The van der Waals surface area contributed by atoms with Gasteiger partial charge >= 0.3 is 0 Å². The maximum Gasteiger partial charge on any atom is 0.223 e. The van der Waals surface area contributed by atoms with Crippen LogP contribution in [0.2, 0.25) is 5.02 Å². The van der Waals surface area contributed by atoms with Crippen molar-refractivity contribution in [3.63, 3.8) is 0 Å². The fourth-order valence-electron chi connectivity index (χ4n) is 2.80. The molecule has 6 nitrogen and oxygen atoms in total. The van der Waals surface area contributed by atoms with Crippen LogP contribution in [0.25, 0.3) is 11.3 Å². The highest BCUT2D eigenvalue weighted by atomic mass is 35.5. The summed E-state index contributed by atoms with van der Waals surface area (Å²) in [6, 6.07) is 9.63. The van der Waals surface area contributed by atoms with Crippen molar-refractivity contribution in [3.05, 3.63) is 47.7 Å². The Kier molecular flexibility index (Phi) is 4.65. The zero-order valence-electron chi connectivity index (χ0n) is 14.3. The summed E-state index contributed by atoms with van der Waals surface area (Å²) < 4.78 is 16.5. The Balaban J connectivity index is 1.62. The first-order valence-corrected chi connectivity index (χ1v) is 9.28. The summed E-state index contributed by atoms with van der Waals surface area (Å²) >= 11 is 7.51. The number of aromatic nitrogens is 3. The summed E-state index contributed by atoms with van der Waals surface area (Å²) in [5.41, 5.74) is 2.75. The smallest absolute Gasteiger partial charge is 0.223 e. The van der Waals surface area contributed by atoms with Crippen LogP contribution in [0.3, 0.4) is 0 Å². The van der Waals surface area contributed by atoms with Gasteiger partial charge in [0.2, 0.25) is 5.88 Å². The Labute approximate surface area is 160 Å². The maximum atomic E-state index is 6.09. The summed E-state index contributed by atoms with van der Waals surface area (Å²) in [6.45, 7) is 2.61. The Morgan fingerprint density at radius 3 is 3.08 bits per heavy atom. The second-order valence-electron chi connectivity index (χ2n) is 5.90. The molecule has 0 fully saturated rings. The Morgan fingerprint density at radius 2 is 2.23 bits per heavy atom. The molecule has 0 aliphatic carbocycles. The minimum absolute atomic E-state index is 0.149. The zero-order valence-corrected chi connectivity index (χ0v) is 15.8. The second-order valence-corrected chi connectivity index (χ2v) is 7.18. The van der Waals surface area contributed by atoms with E-state index in [4.69, 9.17) is 21.1 Å². The SMILES string of the molecule is COc1ccc(Cl)cc1SNc1cnc2c(c1)-c1ccnn1C(C)CO2. The van der Waals surface area contributed by atoms with Gasteiger partial charge in [0.25, 0.3) is 0 Å². The van der Waals surface area contributed by atoms with E-state index >= 15 is 0 Å². The van der Waals surface area contributed by atoms with E-state index in [0.29, 0.717) is 17.5 Å². The monoisotopic (exact) mass is 388 g/mol. The van der Waals surface area contributed by atoms with E-state index in [2.05, 4.69) is 21.7 Å². The van der Waals surface area contributed by atoms with Crippen LogP contribution in [0.4, 0.5) is 5.69 Å². The van der Waals surface area contributed by atoms with Crippen LogP contribution in [-0.4, -0.2) is 28.5 Å². The molecule has 1 atom stereocenters. The Morgan fingerprint density at radius 1 is 1.35 bits per heavy atom. The second kappa shape index (κ2) is 7.09. The van der Waals surface area contributed by atoms with Crippen molar-refractivity contribution in [2.45, 2.75) is 17.9 Å². The number of nitrogens with one attached hydrogen (secondary N) is 1. The largest absolute Gasteiger partial charge is 0.496 e. The lowest BCUT2D eigenvalue weighted by molar-refractivity contribution is 0.252. The molecule has 3 heterocycles. The van der Waals surface area contributed by atoms with Crippen molar-refractivity contribution in [1.82, 2.24) is 14.8 Å². The number of ether oxygens (including phenoxy) is 2. The first-order chi connectivity index (χ1) is 12.7. The molecule has 1 aliphatic heterocycles. The van der Waals surface area contributed by atoms with Gasteiger partial charge in [0, 0.05) is 11.2 Å². The molecular formula is C18H17ClN4O2S. The molecule has 1 aromatic carbocycles. The van der Waals surface area contributed by atoms with Crippen molar-refractivity contribution in [2.75, 3.05) is 18.4 Å². The number of hydrogen-bond donors (Lipinski definition) is 1. The number of benzene rings is 1. The third-order valence-electron chi connectivity index (χ3n) is 4.08. The third-order valence-corrected chi connectivity index (χ3v) is 5.19. The van der Waals surface area contributed by atoms with Crippen LogP contribution in [0.15, 0.2) is 47.6 Å². The number of hydrogen-bond acceptors (Lipinski definition) is 6. The van der Waals surface area contributed by atoms with Crippen LogP contribution in [0, 0.1) is 0 Å². The molecule has 4 rings (SSSR count). The average Bonchev–Trinajstić information content (AvgIpc) is 3.10. The van der Waals surface area contributed by atoms with Crippen molar-refractivity contribution in [3.8, 4) is 22.9 Å². The van der Waals surface area contributed by atoms with Crippen LogP contribution >= 0.6 is 23.5 Å². The molecule has 0 saturated carbocycles. The Bertz CT molecular complexity index is 947. The van der Waals surface area contributed by atoms with E-state index in [9.17, 15) is 0 Å². The van der Waals surface area contributed by atoms with Gasteiger partial charge in [0.15, 0.2) is 0 Å². The lowest BCUT2D eigenvalue weighted by Crippen LogP contribution is -2.13. The molecule has 0 spiro atoms. The first-order valence-electron chi connectivity index (χ1n) is 8.09. The minimum atomic E-state index is 0.149. The fourth-order valence-corrected chi connectivity index (χ4v) is 3.81. The molecule has 0 saturated heterocycles. The number of halogens is 1. The standard InChI is InChI=1S/C18H17ClN4O2S/c1-11-10-25-18-14(15-5-6-21-23(11)15)8-13(9-20-18)22-26-17-7-12(19)3-4-16(17)24-2/h3-9,11,22H,10H2,1-2H3. The molecule has 2 aromatic heterocycles. The summed E-state index contributed by atoms with van der Waals surface area (Å²) in [5.74, 6) is 1.37. The molecule has 3 aromatic rings. The van der Waals surface area contributed by atoms with Gasteiger partial charge in [-0.1, -0.05) is 11.6 Å². The highest BCUT2D eigenvalue weighted by Crippen LogP contribution is 2.37. The normalized spacial score (nSPS) is 15.4. The predicted octanol–water partition coefficient (Wildman–Crippen LogP) is 4.68. The number of methoxy groups -OCH3 is 1. The van der Waals surface area contributed by atoms with E-state index in [-0.39, 0.29) is 6.04 Å². The molecule has 1 unspecified atom stereocenters. The number of nitrogens with zero attached hydrogens (tertiary/aromatic N) is 3. The van der Waals surface area contributed by atoms with Gasteiger partial charge in [-0.25, -0.2) is 4.98 Å².